The molecule has 1 aliphatic carbocycles. The predicted octanol–water partition coefficient (Wildman–Crippen LogP) is 3.12. The standard InChI is InChI=1S/C17H22ClNO5/c1-3-5-24-15-13(18)8-10(9-14(15)23-4-2)16(20)19-12-6-11(7-12)17(21)22/h8-9,11-12H,3-7H2,1-2H3,(H,19,20)(H,21,22). The van der Waals surface area contributed by atoms with E-state index in [0.717, 1.165) is 6.42 Å². The minimum Gasteiger partial charge on any atom is -0.490 e. The zero-order valence-electron chi connectivity index (χ0n) is 13.8. The lowest BCUT2D eigenvalue weighted by molar-refractivity contribution is -0.145. The number of rotatable bonds is 8. The van der Waals surface area contributed by atoms with Crippen molar-refractivity contribution in [3.8, 4) is 11.5 Å². The lowest BCUT2D eigenvalue weighted by atomic mass is 9.80. The van der Waals surface area contributed by atoms with Gasteiger partial charge in [0.1, 0.15) is 0 Å². The predicted molar refractivity (Wildman–Crippen MR) is 90.0 cm³/mol. The smallest absolute Gasteiger partial charge is 0.306 e. The van der Waals surface area contributed by atoms with Crippen LogP contribution in [0.3, 0.4) is 0 Å². The van der Waals surface area contributed by atoms with E-state index in [2.05, 4.69) is 5.32 Å². The number of hydrogen-bond donors (Lipinski definition) is 2. The van der Waals surface area contributed by atoms with Crippen LogP contribution in [0.25, 0.3) is 0 Å². The van der Waals surface area contributed by atoms with Gasteiger partial charge in [-0.15, -0.1) is 0 Å². The second-order valence-corrected chi connectivity index (χ2v) is 6.15. The maximum atomic E-state index is 12.3. The molecule has 0 aliphatic heterocycles. The molecular weight excluding hydrogens is 334 g/mol. The Labute approximate surface area is 146 Å². The van der Waals surface area contributed by atoms with Crippen LogP contribution in [-0.2, 0) is 4.79 Å². The summed E-state index contributed by atoms with van der Waals surface area (Å²) in [4.78, 5) is 23.2. The Morgan fingerprint density at radius 2 is 2.00 bits per heavy atom. The Morgan fingerprint density at radius 3 is 2.58 bits per heavy atom. The van der Waals surface area contributed by atoms with E-state index in [1.165, 1.54) is 6.07 Å². The van der Waals surface area contributed by atoms with Gasteiger partial charge in [-0.25, -0.2) is 0 Å². The fraction of sp³-hybridized carbons (Fsp3) is 0.529. The van der Waals surface area contributed by atoms with Crippen molar-refractivity contribution in [2.24, 2.45) is 5.92 Å². The molecular formula is C17H22ClNO5. The third-order valence-electron chi connectivity index (χ3n) is 3.84. The Bertz CT molecular complexity index is 613. The van der Waals surface area contributed by atoms with Crippen LogP contribution in [0.2, 0.25) is 5.02 Å². The first kappa shape index (κ1) is 18.4. The molecule has 0 radical (unpaired) electrons. The van der Waals surface area contributed by atoms with Crippen molar-refractivity contribution >= 4 is 23.5 Å². The minimum atomic E-state index is -0.820. The van der Waals surface area contributed by atoms with Gasteiger partial charge >= 0.3 is 5.97 Å². The molecule has 1 fully saturated rings. The maximum Gasteiger partial charge on any atom is 0.306 e. The third-order valence-corrected chi connectivity index (χ3v) is 4.13. The van der Waals surface area contributed by atoms with Crippen LogP contribution in [-0.4, -0.2) is 36.2 Å². The largest absolute Gasteiger partial charge is 0.490 e. The average molecular weight is 356 g/mol. The van der Waals surface area contributed by atoms with E-state index in [0.29, 0.717) is 48.1 Å². The van der Waals surface area contributed by atoms with E-state index in [1.54, 1.807) is 6.07 Å². The fourth-order valence-electron chi connectivity index (χ4n) is 2.51. The highest BCUT2D eigenvalue weighted by molar-refractivity contribution is 6.32. The summed E-state index contributed by atoms with van der Waals surface area (Å²) in [6.07, 6.45) is 1.73. The molecule has 1 saturated carbocycles. The summed E-state index contributed by atoms with van der Waals surface area (Å²) in [6.45, 7) is 4.75. The van der Waals surface area contributed by atoms with Gasteiger partial charge in [0.15, 0.2) is 11.5 Å². The second-order valence-electron chi connectivity index (χ2n) is 5.74. The molecule has 0 heterocycles. The zero-order chi connectivity index (χ0) is 17.7. The summed E-state index contributed by atoms with van der Waals surface area (Å²) in [5.74, 6) is -0.622. The highest BCUT2D eigenvalue weighted by Crippen LogP contribution is 2.37. The summed E-state index contributed by atoms with van der Waals surface area (Å²) in [5.41, 5.74) is 0.367. The van der Waals surface area contributed by atoms with Crippen molar-refractivity contribution in [2.75, 3.05) is 13.2 Å². The molecule has 1 aromatic carbocycles. The Hall–Kier alpha value is -1.95. The highest BCUT2D eigenvalue weighted by atomic mass is 35.5. The van der Waals surface area contributed by atoms with E-state index in [-0.39, 0.29) is 17.9 Å². The average Bonchev–Trinajstić information content (AvgIpc) is 2.49. The fourth-order valence-corrected chi connectivity index (χ4v) is 2.78. The van der Waals surface area contributed by atoms with Gasteiger partial charge in [0.05, 0.1) is 24.2 Å². The van der Waals surface area contributed by atoms with Crippen LogP contribution < -0.4 is 14.8 Å². The van der Waals surface area contributed by atoms with Crippen molar-refractivity contribution in [3.63, 3.8) is 0 Å². The second kappa shape index (κ2) is 8.24. The van der Waals surface area contributed by atoms with Gasteiger partial charge < -0.3 is 19.9 Å². The monoisotopic (exact) mass is 355 g/mol. The molecule has 132 valence electrons. The molecule has 1 aromatic rings. The van der Waals surface area contributed by atoms with Crippen LogP contribution in [0, 0.1) is 5.92 Å². The van der Waals surface area contributed by atoms with Crippen LogP contribution in [0.5, 0.6) is 11.5 Å². The Balaban J connectivity index is 2.09. The summed E-state index contributed by atoms with van der Waals surface area (Å²) in [7, 11) is 0. The molecule has 0 saturated heterocycles. The number of nitrogens with one attached hydrogen (secondary N) is 1. The van der Waals surface area contributed by atoms with Gasteiger partial charge in [-0.2, -0.15) is 0 Å². The Morgan fingerprint density at radius 1 is 1.29 bits per heavy atom. The molecule has 0 spiro atoms. The van der Waals surface area contributed by atoms with Gasteiger partial charge in [-0.3, -0.25) is 9.59 Å². The van der Waals surface area contributed by atoms with E-state index in [4.69, 9.17) is 26.2 Å². The van der Waals surface area contributed by atoms with Crippen molar-refractivity contribution < 1.29 is 24.2 Å². The lowest BCUT2D eigenvalue weighted by Crippen LogP contribution is -2.46. The van der Waals surface area contributed by atoms with Gasteiger partial charge in [-0.1, -0.05) is 18.5 Å². The molecule has 0 atom stereocenters. The van der Waals surface area contributed by atoms with Gasteiger partial charge in [0, 0.05) is 11.6 Å². The first-order chi connectivity index (χ1) is 11.5. The molecule has 1 aliphatic rings. The zero-order valence-corrected chi connectivity index (χ0v) is 14.6. The minimum absolute atomic E-state index is 0.121. The first-order valence-electron chi connectivity index (χ1n) is 8.09. The number of amides is 1. The molecule has 0 unspecified atom stereocenters. The quantitative estimate of drug-likeness (QED) is 0.748. The number of carbonyl (C=O) groups excluding carboxylic acids is 1. The number of halogens is 1. The number of carboxylic acids is 1. The van der Waals surface area contributed by atoms with Crippen molar-refractivity contribution in [2.45, 2.75) is 39.2 Å². The normalized spacial score (nSPS) is 19.3. The maximum absolute atomic E-state index is 12.3. The van der Waals surface area contributed by atoms with E-state index in [1.807, 2.05) is 13.8 Å². The van der Waals surface area contributed by atoms with Gasteiger partial charge in [0.25, 0.3) is 5.91 Å². The van der Waals surface area contributed by atoms with Gasteiger partial charge in [-0.05, 0) is 38.3 Å². The number of aliphatic carboxylic acids is 1. The Kier molecular flexibility index (Phi) is 6.31. The van der Waals surface area contributed by atoms with Crippen molar-refractivity contribution in [1.82, 2.24) is 5.32 Å². The van der Waals surface area contributed by atoms with Crippen LogP contribution >= 0.6 is 11.6 Å². The summed E-state index contributed by atoms with van der Waals surface area (Å²) in [5, 5.41) is 12.0. The van der Waals surface area contributed by atoms with Crippen LogP contribution in [0.1, 0.15) is 43.5 Å². The molecule has 2 rings (SSSR count). The third kappa shape index (κ3) is 4.32. The first-order valence-corrected chi connectivity index (χ1v) is 8.46. The molecule has 24 heavy (non-hydrogen) atoms. The van der Waals surface area contributed by atoms with E-state index >= 15 is 0 Å². The summed E-state index contributed by atoms with van der Waals surface area (Å²) in [6, 6.07) is 3.02. The highest BCUT2D eigenvalue weighted by Gasteiger charge is 2.35. The molecule has 0 aromatic heterocycles. The number of benzene rings is 1. The summed E-state index contributed by atoms with van der Waals surface area (Å²) >= 11 is 6.24. The van der Waals surface area contributed by atoms with Crippen LogP contribution in [0.4, 0.5) is 0 Å². The molecule has 2 N–H and O–H groups in total. The lowest BCUT2D eigenvalue weighted by Gasteiger charge is -2.32. The topological polar surface area (TPSA) is 84.9 Å². The van der Waals surface area contributed by atoms with Crippen LogP contribution in [0.15, 0.2) is 12.1 Å². The molecule has 7 heteroatoms. The van der Waals surface area contributed by atoms with Gasteiger partial charge in [0.2, 0.25) is 0 Å². The number of carboxylic acid groups (broad SMARTS) is 1. The number of carbonyl (C=O) groups is 2. The SMILES string of the molecule is CCCOc1c(Cl)cc(C(=O)NC2CC(C(=O)O)C2)cc1OCC. The van der Waals surface area contributed by atoms with Crippen molar-refractivity contribution in [3.05, 3.63) is 22.7 Å². The number of ether oxygens (including phenoxy) is 2. The van der Waals surface area contributed by atoms with E-state index < -0.39 is 5.97 Å². The van der Waals surface area contributed by atoms with Crippen molar-refractivity contribution in [1.29, 1.82) is 0 Å². The van der Waals surface area contributed by atoms with E-state index in [9.17, 15) is 9.59 Å². The molecule has 0 bridgehead atoms. The molecule has 1 amide bonds. The number of hydrogen-bond acceptors (Lipinski definition) is 4. The summed E-state index contributed by atoms with van der Waals surface area (Å²) < 4.78 is 11.1. The molecule has 6 nitrogen and oxygen atoms in total.